The molecule has 2 rings (SSSR count). The van der Waals surface area contributed by atoms with E-state index in [4.69, 9.17) is 4.74 Å². The Hall–Kier alpha value is -1.44. The van der Waals surface area contributed by atoms with Crippen LogP contribution in [0.5, 0.6) is 0 Å². The molecular weight excluding hydrogens is 304 g/mol. The summed E-state index contributed by atoms with van der Waals surface area (Å²) >= 11 is 0. The van der Waals surface area contributed by atoms with E-state index in [9.17, 15) is 13.2 Å². The lowest BCUT2D eigenvalue weighted by Crippen LogP contribution is -2.31. The van der Waals surface area contributed by atoms with E-state index in [2.05, 4.69) is 10.0 Å². The molecule has 1 aromatic rings. The molecule has 1 heterocycles. The molecule has 1 aliphatic rings. The van der Waals surface area contributed by atoms with Gasteiger partial charge in [0.05, 0.1) is 11.0 Å². The van der Waals surface area contributed by atoms with Crippen LogP contribution in [0.3, 0.4) is 0 Å². The highest BCUT2D eigenvalue weighted by molar-refractivity contribution is 7.89. The maximum absolute atomic E-state index is 12.0. The Bertz CT molecular complexity index is 592. The van der Waals surface area contributed by atoms with Gasteiger partial charge in [0, 0.05) is 25.3 Å². The van der Waals surface area contributed by atoms with Gasteiger partial charge in [-0.2, -0.15) is 0 Å². The maximum Gasteiger partial charge on any atom is 0.251 e. The van der Waals surface area contributed by atoms with E-state index in [1.54, 1.807) is 0 Å². The summed E-state index contributed by atoms with van der Waals surface area (Å²) in [4.78, 5) is 12.2. The monoisotopic (exact) mass is 326 g/mol. The first kappa shape index (κ1) is 16.9. The number of sulfonamides is 1. The minimum atomic E-state index is -3.49. The van der Waals surface area contributed by atoms with E-state index in [1.165, 1.54) is 24.3 Å². The van der Waals surface area contributed by atoms with E-state index in [-0.39, 0.29) is 16.9 Å². The summed E-state index contributed by atoms with van der Waals surface area (Å²) in [5.74, 6) is -0.221. The summed E-state index contributed by atoms with van der Waals surface area (Å²) in [5.41, 5.74) is 0.437. The van der Waals surface area contributed by atoms with Gasteiger partial charge in [0.15, 0.2) is 0 Å². The number of rotatable bonds is 7. The van der Waals surface area contributed by atoms with Crippen LogP contribution in [0.4, 0.5) is 0 Å². The lowest BCUT2D eigenvalue weighted by molar-refractivity contribution is 0.0857. The molecule has 1 aliphatic heterocycles. The van der Waals surface area contributed by atoms with Gasteiger partial charge in [-0.1, -0.05) is 6.92 Å². The second kappa shape index (κ2) is 7.71. The van der Waals surface area contributed by atoms with Crippen molar-refractivity contribution in [1.82, 2.24) is 10.0 Å². The number of hydrogen-bond donors (Lipinski definition) is 2. The van der Waals surface area contributed by atoms with Crippen molar-refractivity contribution < 1.29 is 17.9 Å². The number of carbonyl (C=O) groups excluding carboxylic acids is 1. The summed E-state index contributed by atoms with van der Waals surface area (Å²) in [7, 11) is -3.49. The largest absolute Gasteiger partial charge is 0.376 e. The number of nitrogens with one attached hydrogen (secondary N) is 2. The summed E-state index contributed by atoms with van der Waals surface area (Å²) in [6, 6.07) is 5.93. The Balaban J connectivity index is 1.94. The van der Waals surface area contributed by atoms with Crippen molar-refractivity contribution in [3.05, 3.63) is 29.8 Å². The minimum absolute atomic E-state index is 0.0850. The van der Waals surface area contributed by atoms with E-state index < -0.39 is 10.0 Å². The molecule has 1 amide bonds. The standard InChI is InChI=1S/C15H22N2O4S/c1-2-9-17-22(19,20)14-7-5-12(6-8-14)15(18)16-11-13-4-3-10-21-13/h5-8,13,17H,2-4,9-11H2,1H3,(H,16,18)/t13-/m0/s1. The van der Waals surface area contributed by atoms with Crippen molar-refractivity contribution in [3.63, 3.8) is 0 Å². The molecule has 0 bridgehead atoms. The molecule has 22 heavy (non-hydrogen) atoms. The molecule has 1 aromatic carbocycles. The SMILES string of the molecule is CCCNS(=O)(=O)c1ccc(C(=O)NC[C@@H]2CCCO2)cc1. The van der Waals surface area contributed by atoms with Gasteiger partial charge in [-0.05, 0) is 43.5 Å². The van der Waals surface area contributed by atoms with Gasteiger partial charge in [0.1, 0.15) is 0 Å². The fraction of sp³-hybridized carbons (Fsp3) is 0.533. The van der Waals surface area contributed by atoms with Crippen LogP contribution < -0.4 is 10.0 Å². The number of ether oxygens (including phenoxy) is 1. The maximum atomic E-state index is 12.0. The first-order chi connectivity index (χ1) is 10.5. The number of hydrogen-bond acceptors (Lipinski definition) is 4. The van der Waals surface area contributed by atoms with E-state index in [0.717, 1.165) is 25.9 Å². The van der Waals surface area contributed by atoms with Crippen LogP contribution in [0.2, 0.25) is 0 Å². The molecule has 1 saturated heterocycles. The molecule has 0 unspecified atom stereocenters. The summed E-state index contributed by atoms with van der Waals surface area (Å²) in [6.45, 7) is 3.52. The predicted molar refractivity (Wildman–Crippen MR) is 83.2 cm³/mol. The number of carbonyl (C=O) groups is 1. The molecule has 0 aliphatic carbocycles. The van der Waals surface area contributed by atoms with Gasteiger partial charge in [0.25, 0.3) is 5.91 Å². The molecule has 2 N–H and O–H groups in total. The second-order valence-electron chi connectivity index (χ2n) is 5.27. The van der Waals surface area contributed by atoms with Crippen LogP contribution in [-0.2, 0) is 14.8 Å². The first-order valence-corrected chi connectivity index (χ1v) is 9.01. The summed E-state index contributed by atoms with van der Waals surface area (Å²) in [5, 5.41) is 2.80. The first-order valence-electron chi connectivity index (χ1n) is 7.52. The zero-order valence-electron chi connectivity index (χ0n) is 12.7. The van der Waals surface area contributed by atoms with E-state index >= 15 is 0 Å². The van der Waals surface area contributed by atoms with Crippen LogP contribution in [0, 0.1) is 0 Å². The molecule has 7 heteroatoms. The second-order valence-corrected chi connectivity index (χ2v) is 7.03. The molecule has 1 atom stereocenters. The molecule has 122 valence electrons. The molecule has 0 aromatic heterocycles. The van der Waals surface area contributed by atoms with Crippen molar-refractivity contribution >= 4 is 15.9 Å². The third kappa shape index (κ3) is 4.53. The Morgan fingerprint density at radius 3 is 2.64 bits per heavy atom. The molecule has 6 nitrogen and oxygen atoms in total. The average Bonchev–Trinajstić information content (AvgIpc) is 3.04. The quantitative estimate of drug-likeness (QED) is 0.790. The Morgan fingerprint density at radius 2 is 2.05 bits per heavy atom. The molecular formula is C15H22N2O4S. The van der Waals surface area contributed by atoms with Crippen molar-refractivity contribution in [2.45, 2.75) is 37.2 Å². The smallest absolute Gasteiger partial charge is 0.251 e. The van der Waals surface area contributed by atoms with Gasteiger partial charge in [-0.3, -0.25) is 4.79 Å². The van der Waals surface area contributed by atoms with E-state index in [1.807, 2.05) is 6.92 Å². The molecule has 0 radical (unpaired) electrons. The average molecular weight is 326 g/mol. The van der Waals surface area contributed by atoms with Gasteiger partial charge in [-0.15, -0.1) is 0 Å². The van der Waals surface area contributed by atoms with Crippen LogP contribution in [0.1, 0.15) is 36.5 Å². The summed E-state index contributed by atoms with van der Waals surface area (Å²) in [6.07, 6.45) is 2.79. The third-order valence-corrected chi connectivity index (χ3v) is 4.96. The highest BCUT2D eigenvalue weighted by Crippen LogP contribution is 2.12. The Morgan fingerprint density at radius 1 is 1.32 bits per heavy atom. The van der Waals surface area contributed by atoms with Gasteiger partial charge in [-0.25, -0.2) is 13.1 Å². The number of benzene rings is 1. The number of amides is 1. The van der Waals surface area contributed by atoms with Gasteiger partial charge in [0.2, 0.25) is 10.0 Å². The highest BCUT2D eigenvalue weighted by atomic mass is 32.2. The van der Waals surface area contributed by atoms with Crippen LogP contribution in [0.15, 0.2) is 29.2 Å². The fourth-order valence-electron chi connectivity index (χ4n) is 2.22. The Labute approximate surface area is 131 Å². The van der Waals surface area contributed by atoms with Gasteiger partial charge < -0.3 is 10.1 Å². The normalized spacial score (nSPS) is 18.3. The predicted octanol–water partition coefficient (Wildman–Crippen LogP) is 1.28. The topological polar surface area (TPSA) is 84.5 Å². The third-order valence-electron chi connectivity index (χ3n) is 3.48. The van der Waals surface area contributed by atoms with Crippen molar-refractivity contribution in [1.29, 1.82) is 0 Å². The Kier molecular flexibility index (Phi) is 5.93. The van der Waals surface area contributed by atoms with Crippen molar-refractivity contribution in [2.75, 3.05) is 19.7 Å². The van der Waals surface area contributed by atoms with Crippen molar-refractivity contribution in [2.24, 2.45) is 0 Å². The van der Waals surface area contributed by atoms with E-state index in [0.29, 0.717) is 18.7 Å². The molecule has 0 saturated carbocycles. The minimum Gasteiger partial charge on any atom is -0.376 e. The zero-order chi connectivity index (χ0) is 16.0. The summed E-state index contributed by atoms with van der Waals surface area (Å²) < 4.78 is 31.8. The highest BCUT2D eigenvalue weighted by Gasteiger charge is 2.17. The fourth-order valence-corrected chi connectivity index (χ4v) is 3.35. The van der Waals surface area contributed by atoms with Crippen molar-refractivity contribution in [3.8, 4) is 0 Å². The van der Waals surface area contributed by atoms with Crippen LogP contribution in [-0.4, -0.2) is 40.1 Å². The van der Waals surface area contributed by atoms with Crippen LogP contribution >= 0.6 is 0 Å². The molecule has 0 spiro atoms. The zero-order valence-corrected chi connectivity index (χ0v) is 13.5. The van der Waals surface area contributed by atoms with Gasteiger partial charge >= 0.3 is 0 Å². The van der Waals surface area contributed by atoms with Crippen LogP contribution in [0.25, 0.3) is 0 Å². The lowest BCUT2D eigenvalue weighted by Gasteiger charge is -2.11. The molecule has 1 fully saturated rings. The lowest BCUT2D eigenvalue weighted by atomic mass is 10.2.